The quantitative estimate of drug-likeness (QED) is 0.504. The van der Waals surface area contributed by atoms with Gasteiger partial charge in [0, 0.05) is 10.9 Å². The molecule has 0 fully saturated rings. The number of ether oxygens (including phenoxy) is 1. The van der Waals surface area contributed by atoms with Gasteiger partial charge in [-0.2, -0.15) is 0 Å². The molecule has 6 heteroatoms. The lowest BCUT2D eigenvalue weighted by atomic mass is 10.0. The van der Waals surface area contributed by atoms with Crippen molar-refractivity contribution < 1.29 is 9.84 Å². The molecule has 1 atom stereocenters. The highest BCUT2D eigenvalue weighted by molar-refractivity contribution is 7.17. The number of hydrogen-bond acceptors (Lipinski definition) is 6. The van der Waals surface area contributed by atoms with E-state index in [1.807, 2.05) is 18.2 Å². The Bertz CT molecular complexity index is 1150. The number of nitrogens with zero attached hydrogens (tertiary/aromatic N) is 2. The van der Waals surface area contributed by atoms with Crippen molar-refractivity contribution in [3.8, 4) is 22.6 Å². The molecule has 2 heterocycles. The summed E-state index contributed by atoms with van der Waals surface area (Å²) in [6.07, 6.45) is 3.40. The second kappa shape index (κ2) is 6.80. The van der Waals surface area contributed by atoms with Crippen LogP contribution in [0.1, 0.15) is 23.6 Å². The van der Waals surface area contributed by atoms with E-state index in [0.29, 0.717) is 5.75 Å². The first-order chi connectivity index (χ1) is 13.7. The highest BCUT2D eigenvalue weighted by atomic mass is 32.1. The van der Waals surface area contributed by atoms with Crippen LogP contribution in [-0.2, 0) is 6.42 Å². The SMILES string of the molecule is COc1ccc(-c2csc3ncnc(NC4CCc5c(O)cccc54)c23)cc1. The van der Waals surface area contributed by atoms with E-state index in [4.69, 9.17) is 4.74 Å². The van der Waals surface area contributed by atoms with Gasteiger partial charge in [0.25, 0.3) is 0 Å². The third kappa shape index (κ3) is 2.77. The number of phenolic OH excluding ortho intramolecular Hbond substituents is 1. The Labute approximate surface area is 166 Å². The average molecular weight is 389 g/mol. The lowest BCUT2D eigenvalue weighted by Crippen LogP contribution is -2.09. The first-order valence-electron chi connectivity index (χ1n) is 9.18. The molecule has 0 bridgehead atoms. The smallest absolute Gasteiger partial charge is 0.139 e. The lowest BCUT2D eigenvalue weighted by Gasteiger charge is -2.16. The molecule has 5 rings (SSSR count). The second-order valence-electron chi connectivity index (χ2n) is 6.86. The Morgan fingerprint density at radius 1 is 1.14 bits per heavy atom. The van der Waals surface area contributed by atoms with Crippen LogP contribution in [-0.4, -0.2) is 22.2 Å². The molecule has 140 valence electrons. The summed E-state index contributed by atoms with van der Waals surface area (Å²) in [4.78, 5) is 9.97. The van der Waals surface area contributed by atoms with Crippen LogP contribution in [0.3, 0.4) is 0 Å². The molecular formula is C22H19N3O2S. The van der Waals surface area contributed by atoms with E-state index < -0.39 is 0 Å². The average Bonchev–Trinajstić information content (AvgIpc) is 3.34. The number of aromatic nitrogens is 2. The zero-order valence-electron chi connectivity index (χ0n) is 15.3. The van der Waals surface area contributed by atoms with E-state index in [-0.39, 0.29) is 6.04 Å². The Balaban J connectivity index is 1.56. The van der Waals surface area contributed by atoms with E-state index in [2.05, 4.69) is 38.9 Å². The predicted octanol–water partition coefficient (Wildman–Crippen LogP) is 5.17. The summed E-state index contributed by atoms with van der Waals surface area (Å²) in [6, 6.07) is 13.9. The van der Waals surface area contributed by atoms with Gasteiger partial charge in [0.05, 0.1) is 18.5 Å². The van der Waals surface area contributed by atoms with Crippen LogP contribution in [0.25, 0.3) is 21.3 Å². The van der Waals surface area contributed by atoms with Crippen LogP contribution >= 0.6 is 11.3 Å². The number of rotatable bonds is 4. The number of aromatic hydroxyl groups is 1. The van der Waals surface area contributed by atoms with Gasteiger partial charge in [-0.1, -0.05) is 24.3 Å². The highest BCUT2D eigenvalue weighted by Crippen LogP contribution is 2.41. The van der Waals surface area contributed by atoms with Crippen molar-refractivity contribution in [2.24, 2.45) is 0 Å². The topological polar surface area (TPSA) is 67.3 Å². The van der Waals surface area contributed by atoms with Gasteiger partial charge < -0.3 is 15.2 Å². The minimum atomic E-state index is 0.129. The summed E-state index contributed by atoms with van der Waals surface area (Å²) in [7, 11) is 1.67. The fourth-order valence-corrected chi connectivity index (χ4v) is 4.83. The summed E-state index contributed by atoms with van der Waals surface area (Å²) in [5, 5.41) is 16.9. The van der Waals surface area contributed by atoms with E-state index >= 15 is 0 Å². The van der Waals surface area contributed by atoms with Crippen LogP contribution in [0.15, 0.2) is 54.2 Å². The molecule has 2 N–H and O–H groups in total. The molecule has 1 aliphatic carbocycles. The molecule has 0 amide bonds. The van der Waals surface area contributed by atoms with Crippen molar-refractivity contribution in [2.45, 2.75) is 18.9 Å². The first kappa shape index (κ1) is 17.0. The Kier molecular flexibility index (Phi) is 4.13. The summed E-state index contributed by atoms with van der Waals surface area (Å²) < 4.78 is 5.27. The molecule has 2 aromatic heterocycles. The normalized spacial score (nSPS) is 15.5. The lowest BCUT2D eigenvalue weighted by molar-refractivity contribution is 0.415. The van der Waals surface area contributed by atoms with Crippen molar-refractivity contribution in [2.75, 3.05) is 12.4 Å². The highest BCUT2D eigenvalue weighted by Gasteiger charge is 2.26. The largest absolute Gasteiger partial charge is 0.508 e. The molecule has 0 radical (unpaired) electrons. The molecule has 0 aliphatic heterocycles. The molecule has 1 aliphatic rings. The van der Waals surface area contributed by atoms with Crippen LogP contribution in [0.2, 0.25) is 0 Å². The number of phenols is 1. The second-order valence-corrected chi connectivity index (χ2v) is 7.72. The fourth-order valence-electron chi connectivity index (χ4n) is 3.92. The van der Waals surface area contributed by atoms with Gasteiger partial charge in [0.1, 0.15) is 28.5 Å². The predicted molar refractivity (Wildman–Crippen MR) is 112 cm³/mol. The zero-order chi connectivity index (χ0) is 19.1. The summed E-state index contributed by atoms with van der Waals surface area (Å²) in [6.45, 7) is 0. The van der Waals surface area contributed by atoms with E-state index in [1.54, 1.807) is 30.8 Å². The molecule has 4 aromatic rings. The maximum absolute atomic E-state index is 10.1. The molecule has 1 unspecified atom stereocenters. The summed E-state index contributed by atoms with van der Waals surface area (Å²) >= 11 is 1.62. The minimum absolute atomic E-state index is 0.129. The monoisotopic (exact) mass is 389 g/mol. The minimum Gasteiger partial charge on any atom is -0.508 e. The summed E-state index contributed by atoms with van der Waals surface area (Å²) in [5.74, 6) is 2.04. The van der Waals surface area contributed by atoms with Gasteiger partial charge in [-0.3, -0.25) is 0 Å². The maximum Gasteiger partial charge on any atom is 0.139 e. The number of thiophene rings is 1. The number of methoxy groups -OCH3 is 1. The molecule has 28 heavy (non-hydrogen) atoms. The van der Waals surface area contributed by atoms with Crippen LogP contribution in [0, 0.1) is 0 Å². The maximum atomic E-state index is 10.1. The van der Waals surface area contributed by atoms with Crippen molar-refractivity contribution in [1.29, 1.82) is 0 Å². The van der Waals surface area contributed by atoms with Crippen molar-refractivity contribution in [3.63, 3.8) is 0 Å². The number of anilines is 1. The molecule has 5 nitrogen and oxygen atoms in total. The molecular weight excluding hydrogens is 370 g/mol. The van der Waals surface area contributed by atoms with Gasteiger partial charge in [0.15, 0.2) is 0 Å². The fraction of sp³-hybridized carbons (Fsp3) is 0.182. The Morgan fingerprint density at radius 3 is 2.82 bits per heavy atom. The third-order valence-corrected chi connectivity index (χ3v) is 6.21. The number of benzene rings is 2. The van der Waals surface area contributed by atoms with Crippen LogP contribution in [0.5, 0.6) is 11.5 Å². The van der Waals surface area contributed by atoms with E-state index in [9.17, 15) is 5.11 Å². The van der Waals surface area contributed by atoms with Crippen molar-refractivity contribution >= 4 is 27.4 Å². The molecule has 2 aromatic carbocycles. The van der Waals surface area contributed by atoms with Crippen LogP contribution in [0.4, 0.5) is 5.82 Å². The van der Waals surface area contributed by atoms with Crippen molar-refractivity contribution in [1.82, 2.24) is 9.97 Å². The number of hydrogen-bond donors (Lipinski definition) is 2. The number of nitrogens with one attached hydrogen (secondary N) is 1. The van der Waals surface area contributed by atoms with Gasteiger partial charge in [-0.05, 0) is 47.7 Å². The molecule has 0 saturated carbocycles. The van der Waals surface area contributed by atoms with E-state index in [0.717, 1.165) is 56.9 Å². The summed E-state index contributed by atoms with van der Waals surface area (Å²) in [5.41, 5.74) is 4.40. The molecule has 0 spiro atoms. The van der Waals surface area contributed by atoms with Crippen molar-refractivity contribution in [3.05, 3.63) is 65.3 Å². The van der Waals surface area contributed by atoms with Gasteiger partial charge in [-0.25, -0.2) is 9.97 Å². The zero-order valence-corrected chi connectivity index (χ0v) is 16.2. The Morgan fingerprint density at radius 2 is 2.00 bits per heavy atom. The van der Waals surface area contributed by atoms with E-state index in [1.165, 1.54) is 0 Å². The molecule has 0 saturated heterocycles. The van der Waals surface area contributed by atoms with Crippen LogP contribution < -0.4 is 10.1 Å². The van der Waals surface area contributed by atoms with Gasteiger partial charge in [-0.15, -0.1) is 11.3 Å². The Hall–Kier alpha value is -3.12. The van der Waals surface area contributed by atoms with Gasteiger partial charge >= 0.3 is 0 Å². The number of fused-ring (bicyclic) bond motifs is 2. The first-order valence-corrected chi connectivity index (χ1v) is 10.1. The standard InChI is InChI=1S/C22H19N3O2S/c1-27-14-7-5-13(6-8-14)17-11-28-22-20(17)21(23-12-24-22)25-18-10-9-16-15(18)3-2-4-19(16)26/h2-8,11-12,18,26H,9-10H2,1H3,(H,23,24,25). The third-order valence-electron chi connectivity index (χ3n) is 5.33. The van der Waals surface area contributed by atoms with Gasteiger partial charge in [0.2, 0.25) is 0 Å².